The smallest absolute Gasteiger partial charge is 0.412 e. The Kier molecular flexibility index (Phi) is 7.66. The number of aromatic nitrogens is 3. The molecule has 2 aromatic rings. The van der Waals surface area contributed by atoms with E-state index in [0.29, 0.717) is 11.0 Å². The van der Waals surface area contributed by atoms with E-state index in [9.17, 15) is 28.3 Å². The summed E-state index contributed by atoms with van der Waals surface area (Å²) in [5, 5.41) is 12.2. The minimum atomic E-state index is -3.88. The van der Waals surface area contributed by atoms with E-state index in [1.54, 1.807) is 31.5 Å². The van der Waals surface area contributed by atoms with E-state index in [0.717, 1.165) is 17.8 Å². The van der Waals surface area contributed by atoms with E-state index in [1.165, 1.54) is 0 Å². The van der Waals surface area contributed by atoms with Gasteiger partial charge in [-0.05, 0) is 31.0 Å². The molecule has 0 bridgehead atoms. The highest BCUT2D eigenvalue weighted by molar-refractivity contribution is 5.83. The fourth-order valence-corrected chi connectivity index (χ4v) is 3.08. The van der Waals surface area contributed by atoms with Gasteiger partial charge in [0.2, 0.25) is 6.23 Å². The predicted octanol–water partition coefficient (Wildman–Crippen LogP) is 1.28. The number of aliphatic hydroxyl groups excluding tert-OH is 1. The number of hydrogen-bond acceptors (Lipinski definition) is 9. The molecule has 0 aliphatic carbocycles. The summed E-state index contributed by atoms with van der Waals surface area (Å²) in [6.07, 6.45) is -2.54. The number of nitrogens with one attached hydrogen (secondary N) is 1. The van der Waals surface area contributed by atoms with Gasteiger partial charge in [-0.3, -0.25) is 19.7 Å². The summed E-state index contributed by atoms with van der Waals surface area (Å²) in [5.41, 5.74) is -0.360. The number of hydrogen-bond donors (Lipinski definition) is 2. The van der Waals surface area contributed by atoms with Crippen LogP contribution in [0.4, 0.5) is 19.4 Å². The molecule has 2 N–H and O–H groups in total. The van der Waals surface area contributed by atoms with E-state index >= 15 is 0 Å². The number of halogens is 2. The maximum absolute atomic E-state index is 14.6. The number of esters is 1. The van der Waals surface area contributed by atoms with Gasteiger partial charge in [-0.25, -0.2) is 9.59 Å². The number of ether oxygens (including phenoxy) is 3. The average molecular weight is 468 g/mol. The third-order valence-corrected chi connectivity index (χ3v) is 4.72. The van der Waals surface area contributed by atoms with Gasteiger partial charge in [-0.1, -0.05) is 6.07 Å². The zero-order valence-electron chi connectivity index (χ0n) is 17.5. The molecule has 0 radical (unpaired) electrons. The van der Waals surface area contributed by atoms with Crippen molar-refractivity contribution >= 4 is 17.9 Å². The van der Waals surface area contributed by atoms with E-state index in [-0.39, 0.29) is 18.8 Å². The Labute approximate surface area is 186 Å². The second-order valence-corrected chi connectivity index (χ2v) is 7.04. The molecule has 3 heterocycles. The van der Waals surface area contributed by atoms with Crippen LogP contribution in [0, 0.1) is 0 Å². The summed E-state index contributed by atoms with van der Waals surface area (Å²) in [7, 11) is 0. The number of pyridine rings is 1. The van der Waals surface area contributed by atoms with Crippen molar-refractivity contribution in [1.82, 2.24) is 14.5 Å². The van der Waals surface area contributed by atoms with Crippen molar-refractivity contribution in [2.45, 2.75) is 44.1 Å². The SMILES string of the molecule is CCOC(=O)Nc1ccn([C@@H]2O[C@H](COC(=O)CCc3cccnc3)[C@@H](O)C2(F)F)c(=O)n1. The van der Waals surface area contributed by atoms with Crippen molar-refractivity contribution in [3.8, 4) is 0 Å². The number of anilines is 1. The van der Waals surface area contributed by atoms with Crippen molar-refractivity contribution < 1.29 is 37.7 Å². The summed E-state index contributed by atoms with van der Waals surface area (Å²) in [6, 6.07) is 4.58. The lowest BCUT2D eigenvalue weighted by Crippen LogP contribution is -2.42. The number of carbonyl (C=O) groups excluding carboxylic acids is 2. The summed E-state index contributed by atoms with van der Waals surface area (Å²) < 4.78 is 44.5. The maximum atomic E-state index is 14.6. The minimum absolute atomic E-state index is 0.0212. The van der Waals surface area contributed by atoms with Gasteiger partial charge in [-0.15, -0.1) is 0 Å². The number of aryl methyl sites for hydroxylation is 1. The first-order chi connectivity index (χ1) is 15.7. The standard InChI is InChI=1S/C20H22F2N4O7/c1-2-31-19(30)25-14-7-9-26(18(29)24-14)17-20(21,22)16(28)13(33-17)11-32-15(27)6-5-12-4-3-8-23-10-12/h3-4,7-10,13,16-17,28H,2,5-6,11H2,1H3,(H,24,25,29,30)/t13-,16-,17-/m1/s1. The molecule has 1 aliphatic rings. The van der Waals surface area contributed by atoms with Gasteiger partial charge < -0.3 is 19.3 Å². The van der Waals surface area contributed by atoms with E-state index < -0.39 is 48.7 Å². The number of alkyl halides is 2. The molecule has 0 aromatic carbocycles. The molecule has 3 atom stereocenters. The minimum Gasteiger partial charge on any atom is -0.463 e. The Morgan fingerprint density at radius 3 is 2.79 bits per heavy atom. The predicted molar refractivity (Wildman–Crippen MR) is 108 cm³/mol. The highest BCUT2D eigenvalue weighted by Gasteiger charge is 2.60. The van der Waals surface area contributed by atoms with Crippen LogP contribution in [0.25, 0.3) is 0 Å². The summed E-state index contributed by atoms with van der Waals surface area (Å²) in [5.74, 6) is -4.76. The Morgan fingerprint density at radius 2 is 2.12 bits per heavy atom. The topological polar surface area (TPSA) is 142 Å². The van der Waals surface area contributed by atoms with Crippen LogP contribution in [-0.2, 0) is 25.4 Å². The zero-order chi connectivity index (χ0) is 24.0. The van der Waals surface area contributed by atoms with Crippen LogP contribution in [0.3, 0.4) is 0 Å². The summed E-state index contributed by atoms with van der Waals surface area (Å²) in [4.78, 5) is 43.0. The highest BCUT2D eigenvalue weighted by Crippen LogP contribution is 2.42. The number of rotatable bonds is 8. The average Bonchev–Trinajstić information content (AvgIpc) is 3.00. The van der Waals surface area contributed by atoms with Crippen LogP contribution in [0.1, 0.15) is 25.1 Å². The molecule has 0 unspecified atom stereocenters. The number of amides is 1. The second kappa shape index (κ2) is 10.4. The van der Waals surface area contributed by atoms with E-state index in [4.69, 9.17) is 9.47 Å². The molecule has 0 spiro atoms. The van der Waals surface area contributed by atoms with Gasteiger partial charge in [0, 0.05) is 25.0 Å². The third kappa shape index (κ3) is 5.87. The first-order valence-electron chi connectivity index (χ1n) is 10.0. The van der Waals surface area contributed by atoms with E-state index in [1.807, 2.05) is 0 Å². The van der Waals surface area contributed by atoms with Gasteiger partial charge in [0.15, 0.2) is 6.10 Å². The zero-order valence-corrected chi connectivity index (χ0v) is 17.5. The number of aliphatic hydroxyl groups is 1. The molecule has 11 nitrogen and oxygen atoms in total. The van der Waals surface area contributed by atoms with Crippen LogP contribution in [0.2, 0.25) is 0 Å². The molecule has 1 aliphatic heterocycles. The lowest BCUT2D eigenvalue weighted by molar-refractivity contribution is -0.150. The normalized spacial score (nSPS) is 21.4. The molecular formula is C20H22F2N4O7. The Balaban J connectivity index is 1.61. The molecule has 1 fully saturated rings. The molecule has 3 rings (SSSR count). The van der Waals surface area contributed by atoms with Gasteiger partial charge in [0.05, 0.1) is 6.61 Å². The van der Waals surface area contributed by atoms with Crippen LogP contribution < -0.4 is 11.0 Å². The lowest BCUT2D eigenvalue weighted by atomic mass is 10.1. The summed E-state index contributed by atoms with van der Waals surface area (Å²) >= 11 is 0. The number of nitrogens with zero attached hydrogens (tertiary/aromatic N) is 3. The van der Waals surface area contributed by atoms with Crippen LogP contribution in [0.15, 0.2) is 41.6 Å². The van der Waals surface area contributed by atoms with Gasteiger partial charge in [0.25, 0.3) is 0 Å². The Hall–Kier alpha value is -3.45. The van der Waals surface area contributed by atoms with Crippen molar-refractivity contribution in [2.24, 2.45) is 0 Å². The van der Waals surface area contributed by atoms with Gasteiger partial charge >= 0.3 is 23.7 Å². The molecule has 13 heteroatoms. The molecule has 0 saturated carbocycles. The van der Waals surface area contributed by atoms with Crippen LogP contribution >= 0.6 is 0 Å². The molecule has 33 heavy (non-hydrogen) atoms. The fraction of sp³-hybridized carbons (Fsp3) is 0.450. The van der Waals surface area contributed by atoms with Crippen molar-refractivity contribution in [3.63, 3.8) is 0 Å². The molecule has 178 valence electrons. The van der Waals surface area contributed by atoms with Gasteiger partial charge in [0.1, 0.15) is 18.5 Å². The second-order valence-electron chi connectivity index (χ2n) is 7.04. The molecule has 1 saturated heterocycles. The van der Waals surface area contributed by atoms with Gasteiger partial charge in [-0.2, -0.15) is 13.8 Å². The first kappa shape index (κ1) is 24.2. The molecule has 1 amide bonds. The Bertz CT molecular complexity index is 1030. The van der Waals surface area contributed by atoms with Crippen molar-refractivity contribution in [3.05, 3.63) is 52.8 Å². The van der Waals surface area contributed by atoms with Crippen molar-refractivity contribution in [2.75, 3.05) is 18.5 Å². The first-order valence-corrected chi connectivity index (χ1v) is 10.0. The molecular weight excluding hydrogens is 446 g/mol. The molecule has 2 aromatic heterocycles. The third-order valence-electron chi connectivity index (χ3n) is 4.72. The summed E-state index contributed by atoms with van der Waals surface area (Å²) in [6.45, 7) is 1.02. The fourth-order valence-electron chi connectivity index (χ4n) is 3.08. The largest absolute Gasteiger partial charge is 0.463 e. The highest BCUT2D eigenvalue weighted by atomic mass is 19.3. The Morgan fingerprint density at radius 1 is 1.33 bits per heavy atom. The van der Waals surface area contributed by atoms with Crippen LogP contribution in [-0.4, -0.2) is 63.0 Å². The van der Waals surface area contributed by atoms with Crippen LogP contribution in [0.5, 0.6) is 0 Å². The van der Waals surface area contributed by atoms with E-state index in [2.05, 4.69) is 20.0 Å². The monoisotopic (exact) mass is 468 g/mol. The maximum Gasteiger partial charge on any atom is 0.412 e. The quantitative estimate of drug-likeness (QED) is 0.548. The lowest BCUT2D eigenvalue weighted by Gasteiger charge is -2.21. The van der Waals surface area contributed by atoms with Crippen molar-refractivity contribution in [1.29, 1.82) is 0 Å². The number of carbonyl (C=O) groups is 2.